The van der Waals surface area contributed by atoms with Crippen molar-refractivity contribution in [3.05, 3.63) is 53.3 Å². The Kier molecular flexibility index (Phi) is 7.63. The van der Waals surface area contributed by atoms with Crippen LogP contribution in [0, 0.1) is 13.8 Å². The van der Waals surface area contributed by atoms with E-state index in [2.05, 4.69) is 21.6 Å². The van der Waals surface area contributed by atoms with Gasteiger partial charge >= 0.3 is 0 Å². The first-order valence-corrected chi connectivity index (χ1v) is 11.1. The zero-order valence-electron chi connectivity index (χ0n) is 19.1. The Bertz CT molecular complexity index is 1100. The maximum atomic E-state index is 12.5. The highest BCUT2D eigenvalue weighted by molar-refractivity contribution is 7.99. The molecule has 170 valence electrons. The van der Waals surface area contributed by atoms with Crippen molar-refractivity contribution in [3.8, 4) is 17.2 Å². The van der Waals surface area contributed by atoms with Crippen LogP contribution in [-0.2, 0) is 11.8 Å². The van der Waals surface area contributed by atoms with Crippen molar-refractivity contribution in [2.45, 2.75) is 32.0 Å². The van der Waals surface area contributed by atoms with Crippen molar-refractivity contribution in [2.24, 2.45) is 7.05 Å². The number of rotatable bonds is 9. The topological polar surface area (TPSA) is 87.5 Å². The van der Waals surface area contributed by atoms with Crippen LogP contribution in [0.4, 0.5) is 5.69 Å². The summed E-state index contributed by atoms with van der Waals surface area (Å²) in [5.41, 5.74) is 2.80. The van der Waals surface area contributed by atoms with Crippen LogP contribution >= 0.6 is 11.8 Å². The molecule has 0 saturated heterocycles. The number of carbonyl (C=O) groups is 1. The van der Waals surface area contributed by atoms with Gasteiger partial charge in [-0.1, -0.05) is 29.5 Å². The van der Waals surface area contributed by atoms with Gasteiger partial charge in [0.05, 0.1) is 25.7 Å². The number of hydrogen-bond donors (Lipinski definition) is 1. The van der Waals surface area contributed by atoms with Gasteiger partial charge in [-0.3, -0.25) is 4.79 Å². The van der Waals surface area contributed by atoms with E-state index < -0.39 is 0 Å². The normalized spacial score (nSPS) is 11.7. The average molecular weight is 457 g/mol. The third kappa shape index (κ3) is 5.53. The molecule has 1 heterocycles. The van der Waals surface area contributed by atoms with Crippen LogP contribution in [0.2, 0.25) is 0 Å². The summed E-state index contributed by atoms with van der Waals surface area (Å²) in [6.07, 6.45) is -0.293. The molecule has 1 N–H and O–H groups in total. The predicted octanol–water partition coefficient (Wildman–Crippen LogP) is 4.32. The Morgan fingerprint density at radius 2 is 1.84 bits per heavy atom. The van der Waals surface area contributed by atoms with Gasteiger partial charge in [0.15, 0.2) is 17.1 Å². The predicted molar refractivity (Wildman–Crippen MR) is 125 cm³/mol. The quantitative estimate of drug-likeness (QED) is 0.480. The molecule has 32 heavy (non-hydrogen) atoms. The lowest BCUT2D eigenvalue weighted by atomic mass is 10.1. The number of methoxy groups -OCH3 is 2. The molecule has 3 aromatic rings. The first-order valence-electron chi connectivity index (χ1n) is 10.1. The van der Waals surface area contributed by atoms with E-state index in [-0.39, 0.29) is 17.8 Å². The SMILES string of the molecule is COc1ccc(OC)c(NC(=O)CSc2nnc(C(C)Oc3ccc(C)cc3C)n2C)c1. The molecule has 9 heteroatoms. The molecule has 1 amide bonds. The number of ether oxygens (including phenoxy) is 3. The number of aromatic nitrogens is 3. The van der Waals surface area contributed by atoms with Gasteiger partial charge in [0.25, 0.3) is 0 Å². The Balaban J connectivity index is 1.63. The maximum absolute atomic E-state index is 12.5. The summed E-state index contributed by atoms with van der Waals surface area (Å²) in [5, 5.41) is 12.0. The summed E-state index contributed by atoms with van der Waals surface area (Å²) < 4.78 is 18.5. The van der Waals surface area contributed by atoms with E-state index in [1.165, 1.54) is 17.3 Å². The number of anilines is 1. The van der Waals surface area contributed by atoms with Crippen LogP contribution in [0.3, 0.4) is 0 Å². The van der Waals surface area contributed by atoms with Crippen molar-refractivity contribution < 1.29 is 19.0 Å². The number of hydrogen-bond acceptors (Lipinski definition) is 7. The number of amides is 1. The smallest absolute Gasteiger partial charge is 0.234 e. The monoisotopic (exact) mass is 456 g/mol. The fraction of sp³-hybridized carbons (Fsp3) is 0.348. The molecule has 0 saturated carbocycles. The van der Waals surface area contributed by atoms with Crippen LogP contribution in [0.25, 0.3) is 0 Å². The van der Waals surface area contributed by atoms with Gasteiger partial charge in [-0.25, -0.2) is 0 Å². The first kappa shape index (κ1) is 23.5. The van der Waals surface area contributed by atoms with E-state index >= 15 is 0 Å². The van der Waals surface area contributed by atoms with Crippen LogP contribution < -0.4 is 19.5 Å². The molecular formula is C23H28N4O4S. The van der Waals surface area contributed by atoms with Crippen molar-refractivity contribution >= 4 is 23.4 Å². The summed E-state index contributed by atoms with van der Waals surface area (Å²) in [5.74, 6) is 2.66. The third-order valence-corrected chi connectivity index (χ3v) is 5.90. The van der Waals surface area contributed by atoms with Crippen molar-refractivity contribution in [2.75, 3.05) is 25.3 Å². The average Bonchev–Trinajstić information content (AvgIpc) is 3.14. The largest absolute Gasteiger partial charge is 0.497 e. The van der Waals surface area contributed by atoms with Crippen LogP contribution in [-0.4, -0.2) is 40.6 Å². The molecule has 1 atom stereocenters. The lowest BCUT2D eigenvalue weighted by molar-refractivity contribution is -0.113. The second-order valence-corrected chi connectivity index (χ2v) is 8.27. The Labute approximate surface area is 192 Å². The molecule has 2 aromatic carbocycles. The minimum Gasteiger partial charge on any atom is -0.497 e. The highest BCUT2D eigenvalue weighted by Gasteiger charge is 2.19. The molecule has 3 rings (SSSR count). The highest BCUT2D eigenvalue weighted by atomic mass is 32.2. The maximum Gasteiger partial charge on any atom is 0.234 e. The molecule has 1 unspecified atom stereocenters. The Hall–Kier alpha value is -3.20. The fourth-order valence-electron chi connectivity index (χ4n) is 3.21. The molecule has 0 spiro atoms. The number of carbonyl (C=O) groups excluding carboxylic acids is 1. The Morgan fingerprint density at radius 3 is 2.53 bits per heavy atom. The summed E-state index contributed by atoms with van der Waals surface area (Å²) in [6.45, 7) is 6.00. The molecule has 0 fully saturated rings. The summed E-state index contributed by atoms with van der Waals surface area (Å²) >= 11 is 1.30. The zero-order valence-corrected chi connectivity index (χ0v) is 19.9. The number of aryl methyl sites for hydroxylation is 2. The fourth-order valence-corrected chi connectivity index (χ4v) is 3.93. The van der Waals surface area contributed by atoms with Crippen LogP contribution in [0.5, 0.6) is 17.2 Å². The van der Waals surface area contributed by atoms with Gasteiger partial charge in [-0.05, 0) is 44.5 Å². The van der Waals surface area contributed by atoms with E-state index in [4.69, 9.17) is 14.2 Å². The van der Waals surface area contributed by atoms with E-state index in [1.807, 2.05) is 44.5 Å². The van der Waals surface area contributed by atoms with E-state index in [1.54, 1.807) is 32.4 Å². The number of thioether (sulfide) groups is 1. The lowest BCUT2D eigenvalue weighted by Crippen LogP contribution is -2.15. The summed E-state index contributed by atoms with van der Waals surface area (Å²) in [4.78, 5) is 12.5. The van der Waals surface area contributed by atoms with Crippen molar-refractivity contribution in [1.29, 1.82) is 0 Å². The van der Waals surface area contributed by atoms with Gasteiger partial charge in [-0.15, -0.1) is 10.2 Å². The standard InChI is InChI=1S/C23H28N4O4S/c1-14-7-9-19(15(2)11-14)31-16(3)22-25-26-23(27(22)4)32-13-21(28)24-18-12-17(29-5)8-10-20(18)30-6/h7-12,16H,13H2,1-6H3,(H,24,28). The molecule has 0 radical (unpaired) electrons. The second-order valence-electron chi connectivity index (χ2n) is 7.33. The van der Waals surface area contributed by atoms with Crippen molar-refractivity contribution in [1.82, 2.24) is 14.8 Å². The van der Waals surface area contributed by atoms with Crippen LogP contribution in [0.1, 0.15) is 30.0 Å². The minimum atomic E-state index is -0.293. The van der Waals surface area contributed by atoms with Gasteiger partial charge in [-0.2, -0.15) is 0 Å². The number of nitrogens with zero attached hydrogens (tertiary/aromatic N) is 3. The number of benzene rings is 2. The summed E-state index contributed by atoms with van der Waals surface area (Å²) in [7, 11) is 4.98. The Morgan fingerprint density at radius 1 is 1.09 bits per heavy atom. The van der Waals surface area contributed by atoms with Gasteiger partial charge in [0.2, 0.25) is 5.91 Å². The van der Waals surface area contributed by atoms with E-state index in [0.717, 1.165) is 11.3 Å². The van der Waals surface area contributed by atoms with Crippen molar-refractivity contribution in [3.63, 3.8) is 0 Å². The van der Waals surface area contributed by atoms with E-state index in [0.29, 0.717) is 28.2 Å². The molecule has 0 bridgehead atoms. The molecule has 0 aliphatic heterocycles. The molecule has 0 aliphatic rings. The first-order chi connectivity index (χ1) is 15.3. The van der Waals surface area contributed by atoms with E-state index in [9.17, 15) is 4.79 Å². The molecule has 1 aromatic heterocycles. The minimum absolute atomic E-state index is 0.165. The summed E-state index contributed by atoms with van der Waals surface area (Å²) in [6, 6.07) is 11.3. The lowest BCUT2D eigenvalue weighted by Gasteiger charge is -2.16. The molecular weight excluding hydrogens is 428 g/mol. The number of nitrogens with one attached hydrogen (secondary N) is 1. The highest BCUT2D eigenvalue weighted by Crippen LogP contribution is 2.30. The van der Waals surface area contributed by atoms with Gasteiger partial charge in [0.1, 0.15) is 17.2 Å². The molecule has 8 nitrogen and oxygen atoms in total. The second kappa shape index (κ2) is 10.4. The third-order valence-electron chi connectivity index (χ3n) is 4.88. The molecule has 0 aliphatic carbocycles. The van der Waals surface area contributed by atoms with Gasteiger partial charge < -0.3 is 24.1 Å². The van der Waals surface area contributed by atoms with Gasteiger partial charge in [0, 0.05) is 13.1 Å². The zero-order chi connectivity index (χ0) is 23.3. The van der Waals surface area contributed by atoms with Crippen LogP contribution in [0.15, 0.2) is 41.6 Å².